The monoisotopic (exact) mass is 194 g/mol. The van der Waals surface area contributed by atoms with Crippen molar-refractivity contribution in [1.29, 1.82) is 0 Å². The molecule has 0 saturated carbocycles. The second-order valence-electron chi connectivity index (χ2n) is 2.98. The molecule has 0 fully saturated rings. The number of nitrogens with zero attached hydrogens (tertiary/aromatic N) is 2. The molecule has 0 aromatic carbocycles. The number of amidine groups is 1. The van der Waals surface area contributed by atoms with Crippen molar-refractivity contribution < 1.29 is 5.21 Å². The molecule has 0 amide bonds. The summed E-state index contributed by atoms with van der Waals surface area (Å²) in [5, 5.41) is 14.3. The van der Waals surface area contributed by atoms with Gasteiger partial charge in [0.1, 0.15) is 0 Å². The van der Waals surface area contributed by atoms with Crippen LogP contribution in [-0.2, 0) is 0 Å². The molecule has 5 nitrogen and oxygen atoms in total. The first-order valence-corrected chi connectivity index (χ1v) is 4.33. The molecular weight excluding hydrogens is 180 g/mol. The number of pyridine rings is 1. The van der Waals surface area contributed by atoms with Gasteiger partial charge in [0.25, 0.3) is 0 Å². The van der Waals surface area contributed by atoms with Crippen molar-refractivity contribution in [2.75, 3.05) is 6.54 Å². The first kappa shape index (κ1) is 10.5. The Morgan fingerprint density at radius 3 is 3.14 bits per heavy atom. The number of aromatic nitrogens is 1. The topological polar surface area (TPSA) is 83.5 Å². The lowest BCUT2D eigenvalue weighted by atomic mass is 10.1. The second-order valence-corrected chi connectivity index (χ2v) is 2.98. The average Bonchev–Trinajstić information content (AvgIpc) is 2.26. The number of nitrogens with two attached hydrogens (primary N) is 1. The van der Waals surface area contributed by atoms with Crippen molar-refractivity contribution in [2.24, 2.45) is 10.9 Å². The van der Waals surface area contributed by atoms with Crippen LogP contribution in [0.5, 0.6) is 0 Å². The predicted octanol–water partition coefficient (Wildman–Crippen LogP) is 0.479. The van der Waals surface area contributed by atoms with Crippen LogP contribution in [0.1, 0.15) is 18.5 Å². The largest absolute Gasteiger partial charge is 0.409 e. The molecule has 0 spiro atoms. The molecule has 0 bridgehead atoms. The Bertz CT molecular complexity index is 299. The summed E-state index contributed by atoms with van der Waals surface area (Å²) in [5.74, 6) is 0.167. The third-order valence-electron chi connectivity index (χ3n) is 1.90. The van der Waals surface area contributed by atoms with E-state index < -0.39 is 0 Å². The van der Waals surface area contributed by atoms with Gasteiger partial charge < -0.3 is 16.3 Å². The summed E-state index contributed by atoms with van der Waals surface area (Å²) in [7, 11) is 0. The van der Waals surface area contributed by atoms with Gasteiger partial charge in [-0.1, -0.05) is 11.2 Å². The van der Waals surface area contributed by atoms with E-state index in [-0.39, 0.29) is 11.9 Å². The molecular formula is C9H14N4O. The molecule has 5 heteroatoms. The predicted molar refractivity (Wildman–Crippen MR) is 54.1 cm³/mol. The third-order valence-corrected chi connectivity index (χ3v) is 1.90. The number of nitrogens with one attached hydrogen (secondary N) is 1. The Hall–Kier alpha value is -1.62. The van der Waals surface area contributed by atoms with E-state index >= 15 is 0 Å². The molecule has 0 aliphatic rings. The third kappa shape index (κ3) is 3.02. The minimum Gasteiger partial charge on any atom is -0.409 e. The summed E-state index contributed by atoms with van der Waals surface area (Å²) >= 11 is 0. The highest BCUT2D eigenvalue weighted by molar-refractivity contribution is 5.81. The number of hydrogen-bond acceptors (Lipinski definition) is 4. The Balaban J connectivity index is 2.47. The van der Waals surface area contributed by atoms with Crippen LogP contribution >= 0.6 is 0 Å². The van der Waals surface area contributed by atoms with E-state index in [9.17, 15) is 0 Å². The van der Waals surface area contributed by atoms with Crippen molar-refractivity contribution in [3.63, 3.8) is 0 Å². The summed E-state index contributed by atoms with van der Waals surface area (Å²) in [4.78, 5) is 4.00. The van der Waals surface area contributed by atoms with Gasteiger partial charge in [0.2, 0.25) is 0 Å². The number of rotatable bonds is 4. The Labute approximate surface area is 82.6 Å². The lowest BCUT2D eigenvalue weighted by molar-refractivity contribution is 0.316. The molecule has 14 heavy (non-hydrogen) atoms. The molecule has 1 aromatic rings. The molecule has 4 N–H and O–H groups in total. The normalized spacial score (nSPS) is 13.9. The van der Waals surface area contributed by atoms with Crippen molar-refractivity contribution >= 4 is 5.84 Å². The smallest absolute Gasteiger partial charge is 0.153 e. The van der Waals surface area contributed by atoms with E-state index in [1.807, 2.05) is 19.1 Å². The second kappa shape index (κ2) is 5.18. The molecule has 1 aromatic heterocycles. The van der Waals surface area contributed by atoms with E-state index in [1.165, 1.54) is 0 Å². The van der Waals surface area contributed by atoms with Gasteiger partial charge in [0.15, 0.2) is 5.84 Å². The Kier molecular flexibility index (Phi) is 3.87. The van der Waals surface area contributed by atoms with Gasteiger partial charge in [-0.15, -0.1) is 0 Å². The van der Waals surface area contributed by atoms with Gasteiger partial charge in [-0.2, -0.15) is 0 Å². The zero-order chi connectivity index (χ0) is 10.4. The minimum absolute atomic E-state index is 0.129. The van der Waals surface area contributed by atoms with Gasteiger partial charge in [-0.05, 0) is 18.6 Å². The number of oxime groups is 1. The van der Waals surface area contributed by atoms with Crippen molar-refractivity contribution in [2.45, 2.75) is 13.0 Å². The highest BCUT2D eigenvalue weighted by Gasteiger charge is 2.04. The Morgan fingerprint density at radius 1 is 1.79 bits per heavy atom. The first-order valence-electron chi connectivity index (χ1n) is 4.33. The van der Waals surface area contributed by atoms with E-state index in [4.69, 9.17) is 10.9 Å². The van der Waals surface area contributed by atoms with Gasteiger partial charge in [0, 0.05) is 18.4 Å². The zero-order valence-corrected chi connectivity index (χ0v) is 8.01. The maximum absolute atomic E-state index is 8.33. The standard InChI is InChI=1S/C9H14N4O/c1-7(12-6-9(10)13-14)8-3-2-4-11-5-8/h2-5,7,12,14H,6H2,1H3,(H2,10,13)/t7-/m1/s1. The van der Waals surface area contributed by atoms with Crippen LogP contribution < -0.4 is 11.1 Å². The summed E-state index contributed by atoms with van der Waals surface area (Å²) < 4.78 is 0. The van der Waals surface area contributed by atoms with Crippen LogP contribution in [0.2, 0.25) is 0 Å². The van der Waals surface area contributed by atoms with Crippen molar-refractivity contribution in [3.8, 4) is 0 Å². The highest BCUT2D eigenvalue weighted by atomic mass is 16.4. The van der Waals surface area contributed by atoms with Crippen LogP contribution in [-0.4, -0.2) is 22.6 Å². The summed E-state index contributed by atoms with van der Waals surface area (Å²) in [6.07, 6.45) is 3.50. The van der Waals surface area contributed by atoms with Crippen LogP contribution in [0.15, 0.2) is 29.7 Å². The zero-order valence-electron chi connectivity index (χ0n) is 8.01. The van der Waals surface area contributed by atoms with E-state index in [1.54, 1.807) is 12.4 Å². The molecule has 1 atom stereocenters. The minimum atomic E-state index is 0.129. The maximum atomic E-state index is 8.33. The molecule has 0 aliphatic heterocycles. The lowest BCUT2D eigenvalue weighted by Crippen LogP contribution is -2.30. The van der Waals surface area contributed by atoms with Crippen molar-refractivity contribution in [3.05, 3.63) is 30.1 Å². The van der Waals surface area contributed by atoms with Crippen molar-refractivity contribution in [1.82, 2.24) is 10.3 Å². The van der Waals surface area contributed by atoms with Crippen LogP contribution in [0, 0.1) is 0 Å². The Morgan fingerprint density at radius 2 is 2.57 bits per heavy atom. The van der Waals surface area contributed by atoms with Gasteiger partial charge in [0.05, 0.1) is 6.54 Å². The molecule has 0 saturated heterocycles. The van der Waals surface area contributed by atoms with Gasteiger partial charge >= 0.3 is 0 Å². The summed E-state index contributed by atoms with van der Waals surface area (Å²) in [6.45, 7) is 2.34. The fourth-order valence-electron chi connectivity index (χ4n) is 1.04. The van der Waals surface area contributed by atoms with Crippen LogP contribution in [0.3, 0.4) is 0 Å². The van der Waals surface area contributed by atoms with Crippen LogP contribution in [0.4, 0.5) is 0 Å². The molecule has 76 valence electrons. The summed E-state index contributed by atoms with van der Waals surface area (Å²) in [6, 6.07) is 3.97. The van der Waals surface area contributed by atoms with Gasteiger partial charge in [-0.25, -0.2) is 0 Å². The quantitative estimate of drug-likeness (QED) is 0.282. The number of hydrogen-bond donors (Lipinski definition) is 3. The highest BCUT2D eigenvalue weighted by Crippen LogP contribution is 2.08. The fourth-order valence-corrected chi connectivity index (χ4v) is 1.04. The average molecular weight is 194 g/mol. The lowest BCUT2D eigenvalue weighted by Gasteiger charge is -2.12. The van der Waals surface area contributed by atoms with E-state index in [2.05, 4.69) is 15.5 Å². The maximum Gasteiger partial charge on any atom is 0.153 e. The molecule has 0 aliphatic carbocycles. The SMILES string of the molecule is C[C@@H](NC/C(N)=N/O)c1cccnc1. The van der Waals surface area contributed by atoms with E-state index in [0.29, 0.717) is 6.54 Å². The summed E-state index contributed by atoms with van der Waals surface area (Å²) in [5.41, 5.74) is 6.39. The molecule has 0 radical (unpaired) electrons. The van der Waals surface area contributed by atoms with E-state index in [0.717, 1.165) is 5.56 Å². The molecule has 0 unspecified atom stereocenters. The molecule has 1 heterocycles. The molecule has 1 rings (SSSR count). The first-order chi connectivity index (χ1) is 6.74. The van der Waals surface area contributed by atoms with Gasteiger partial charge in [-0.3, -0.25) is 4.98 Å². The fraction of sp³-hybridized carbons (Fsp3) is 0.333. The van der Waals surface area contributed by atoms with Crippen LogP contribution in [0.25, 0.3) is 0 Å².